The van der Waals surface area contributed by atoms with Crippen molar-refractivity contribution in [1.82, 2.24) is 20.4 Å². The fourth-order valence-electron chi connectivity index (χ4n) is 3.41. The molecule has 1 spiro atoms. The second-order valence-corrected chi connectivity index (χ2v) is 7.56. The summed E-state index contributed by atoms with van der Waals surface area (Å²) < 4.78 is 0.474. The van der Waals surface area contributed by atoms with Gasteiger partial charge in [0.2, 0.25) is 0 Å². The Kier molecular flexibility index (Phi) is 6.86. The lowest BCUT2D eigenvalue weighted by molar-refractivity contribution is 0.293. The molecule has 1 saturated heterocycles. The smallest absolute Gasteiger partial charge is 0.194 e. The van der Waals surface area contributed by atoms with E-state index in [1.54, 1.807) is 6.20 Å². The van der Waals surface area contributed by atoms with E-state index in [9.17, 15) is 0 Å². The first kappa shape index (κ1) is 17.9. The van der Waals surface area contributed by atoms with Crippen LogP contribution in [0.15, 0.2) is 17.3 Å². The van der Waals surface area contributed by atoms with Gasteiger partial charge in [0, 0.05) is 36.8 Å². The molecule has 0 atom stereocenters. The highest BCUT2D eigenvalue weighted by Gasteiger charge is 2.38. The first-order valence-corrected chi connectivity index (χ1v) is 8.88. The van der Waals surface area contributed by atoms with Crippen LogP contribution < -0.4 is 5.32 Å². The van der Waals surface area contributed by atoms with Crippen LogP contribution in [-0.2, 0) is 6.54 Å². The molecule has 2 N–H and O–H groups in total. The van der Waals surface area contributed by atoms with Crippen LogP contribution in [0, 0.1) is 0 Å². The van der Waals surface area contributed by atoms with E-state index in [2.05, 4.69) is 37.2 Å². The van der Waals surface area contributed by atoms with Gasteiger partial charge in [-0.15, -0.1) is 24.0 Å². The first-order valence-electron chi connectivity index (χ1n) is 7.89. The summed E-state index contributed by atoms with van der Waals surface area (Å²) in [6.07, 6.45) is 8.71. The number of thioether (sulfide) groups is 1. The molecule has 7 heteroatoms. The maximum absolute atomic E-state index is 4.48. The fourth-order valence-corrected chi connectivity index (χ4v) is 4.98. The third-order valence-corrected chi connectivity index (χ3v) is 6.06. The molecule has 22 heavy (non-hydrogen) atoms. The van der Waals surface area contributed by atoms with Gasteiger partial charge in [-0.2, -0.15) is 16.9 Å². The van der Waals surface area contributed by atoms with Crippen molar-refractivity contribution in [2.75, 3.05) is 25.9 Å². The van der Waals surface area contributed by atoms with E-state index >= 15 is 0 Å². The Morgan fingerprint density at radius 3 is 2.95 bits per heavy atom. The molecule has 124 valence electrons. The molecule has 2 heterocycles. The van der Waals surface area contributed by atoms with Gasteiger partial charge in [0.05, 0.1) is 12.2 Å². The molecule has 3 rings (SSSR count). The summed E-state index contributed by atoms with van der Waals surface area (Å²) in [7, 11) is 1.88. The minimum Gasteiger partial charge on any atom is -0.351 e. The molecular formula is C15H26IN5S. The second-order valence-electron chi connectivity index (χ2n) is 6.00. The van der Waals surface area contributed by atoms with Crippen molar-refractivity contribution in [3.8, 4) is 0 Å². The molecule has 5 nitrogen and oxygen atoms in total. The Bertz CT molecular complexity index is 465. The lowest BCUT2D eigenvalue weighted by Crippen LogP contribution is -2.53. The number of guanidine groups is 1. The average molecular weight is 435 g/mol. The van der Waals surface area contributed by atoms with E-state index in [1.165, 1.54) is 37.9 Å². The molecule has 1 aliphatic heterocycles. The Morgan fingerprint density at radius 1 is 1.45 bits per heavy atom. The van der Waals surface area contributed by atoms with Crippen LogP contribution in [-0.4, -0.2) is 51.7 Å². The molecule has 1 aromatic heterocycles. The Labute approximate surface area is 154 Å². The number of aromatic amines is 1. The molecule has 0 radical (unpaired) electrons. The van der Waals surface area contributed by atoms with Gasteiger partial charge >= 0.3 is 0 Å². The first-order chi connectivity index (χ1) is 10.3. The minimum atomic E-state index is 0. The number of rotatable bonds is 2. The zero-order chi connectivity index (χ0) is 14.5. The predicted octanol–water partition coefficient (Wildman–Crippen LogP) is 2.85. The number of aromatic nitrogens is 2. The molecule has 0 amide bonds. The lowest BCUT2D eigenvalue weighted by Gasteiger charge is -2.45. The van der Waals surface area contributed by atoms with Crippen LogP contribution in [0.2, 0.25) is 0 Å². The van der Waals surface area contributed by atoms with Gasteiger partial charge < -0.3 is 10.2 Å². The van der Waals surface area contributed by atoms with Gasteiger partial charge in [-0.25, -0.2) is 0 Å². The Balaban J connectivity index is 0.00000176. The van der Waals surface area contributed by atoms with Crippen molar-refractivity contribution in [3.63, 3.8) is 0 Å². The van der Waals surface area contributed by atoms with Crippen LogP contribution >= 0.6 is 35.7 Å². The third kappa shape index (κ3) is 4.31. The summed E-state index contributed by atoms with van der Waals surface area (Å²) in [4.78, 5) is 6.92. The van der Waals surface area contributed by atoms with Crippen molar-refractivity contribution in [2.24, 2.45) is 4.99 Å². The molecule has 2 aliphatic rings. The van der Waals surface area contributed by atoms with Gasteiger partial charge in [0.15, 0.2) is 5.96 Å². The highest BCUT2D eigenvalue weighted by atomic mass is 127. The van der Waals surface area contributed by atoms with Crippen LogP contribution in [0.3, 0.4) is 0 Å². The van der Waals surface area contributed by atoms with Gasteiger partial charge in [-0.05, 0) is 18.9 Å². The number of aliphatic imine (C=N–C) groups is 1. The van der Waals surface area contributed by atoms with Gasteiger partial charge in [0.1, 0.15) is 0 Å². The zero-order valence-corrected chi connectivity index (χ0v) is 16.3. The number of halogens is 1. The van der Waals surface area contributed by atoms with Gasteiger partial charge in [-0.3, -0.25) is 10.1 Å². The number of hydrogen-bond acceptors (Lipinski definition) is 3. The van der Waals surface area contributed by atoms with E-state index in [4.69, 9.17) is 0 Å². The number of nitrogens with one attached hydrogen (secondary N) is 2. The average Bonchev–Trinajstić information content (AvgIpc) is 3.02. The van der Waals surface area contributed by atoms with Gasteiger partial charge in [0.25, 0.3) is 0 Å². The third-order valence-electron chi connectivity index (χ3n) is 4.52. The Morgan fingerprint density at radius 2 is 2.27 bits per heavy atom. The molecular weight excluding hydrogens is 409 g/mol. The minimum absolute atomic E-state index is 0. The largest absolute Gasteiger partial charge is 0.351 e. The molecule has 0 unspecified atom stereocenters. The molecule has 1 aromatic rings. The second kappa shape index (κ2) is 8.42. The summed E-state index contributed by atoms with van der Waals surface area (Å²) in [5.41, 5.74) is 1.09. The van der Waals surface area contributed by atoms with Crippen molar-refractivity contribution in [2.45, 2.75) is 43.4 Å². The van der Waals surface area contributed by atoms with E-state index < -0.39 is 0 Å². The number of nitrogens with zero attached hydrogens (tertiary/aromatic N) is 3. The summed E-state index contributed by atoms with van der Waals surface area (Å²) in [5, 5.41) is 10.4. The van der Waals surface area contributed by atoms with E-state index in [-0.39, 0.29) is 24.0 Å². The number of H-pyrrole nitrogens is 1. The summed E-state index contributed by atoms with van der Waals surface area (Å²) in [5.74, 6) is 2.24. The number of hydrogen-bond donors (Lipinski definition) is 2. The van der Waals surface area contributed by atoms with Crippen LogP contribution in [0.1, 0.15) is 37.8 Å². The highest BCUT2D eigenvalue weighted by molar-refractivity contribution is 14.0. The SMILES string of the molecule is CN=C(NCc1ccn[nH]1)N1CCSC2(CCCCC2)C1.I. The highest BCUT2D eigenvalue weighted by Crippen LogP contribution is 2.42. The molecule has 0 aromatic carbocycles. The molecule has 1 saturated carbocycles. The fraction of sp³-hybridized carbons (Fsp3) is 0.733. The van der Waals surface area contributed by atoms with Gasteiger partial charge in [-0.1, -0.05) is 19.3 Å². The van der Waals surface area contributed by atoms with Crippen LogP contribution in [0.4, 0.5) is 0 Å². The Hall–Kier alpha value is -0.440. The van der Waals surface area contributed by atoms with E-state index in [0.717, 1.165) is 31.3 Å². The lowest BCUT2D eigenvalue weighted by atomic mass is 9.87. The standard InChI is InChI=1S/C15H25N5S.HI/c1-16-14(17-11-13-5-8-18-19-13)20-9-10-21-15(12-20)6-3-2-4-7-15;/h5,8H,2-4,6-7,9-12H2,1H3,(H,16,17)(H,18,19);1H. The maximum Gasteiger partial charge on any atom is 0.194 e. The molecule has 2 fully saturated rings. The monoisotopic (exact) mass is 435 g/mol. The van der Waals surface area contributed by atoms with Crippen molar-refractivity contribution in [3.05, 3.63) is 18.0 Å². The quantitative estimate of drug-likeness (QED) is 0.426. The summed E-state index contributed by atoms with van der Waals surface area (Å²) >= 11 is 2.19. The summed E-state index contributed by atoms with van der Waals surface area (Å²) in [6, 6.07) is 2.00. The van der Waals surface area contributed by atoms with Crippen molar-refractivity contribution < 1.29 is 0 Å². The molecule has 0 bridgehead atoms. The van der Waals surface area contributed by atoms with Crippen LogP contribution in [0.25, 0.3) is 0 Å². The summed E-state index contributed by atoms with van der Waals surface area (Å²) in [6.45, 7) is 2.98. The maximum atomic E-state index is 4.48. The zero-order valence-electron chi connectivity index (χ0n) is 13.2. The normalized spacial score (nSPS) is 21.5. The predicted molar refractivity (Wildman–Crippen MR) is 104 cm³/mol. The molecule has 1 aliphatic carbocycles. The van der Waals surface area contributed by atoms with E-state index in [1.807, 2.05) is 13.1 Å². The van der Waals surface area contributed by atoms with Crippen LogP contribution in [0.5, 0.6) is 0 Å². The topological polar surface area (TPSA) is 56.3 Å². The van der Waals surface area contributed by atoms with E-state index in [0.29, 0.717) is 4.75 Å². The van der Waals surface area contributed by atoms with Crippen molar-refractivity contribution in [1.29, 1.82) is 0 Å². The van der Waals surface area contributed by atoms with Crippen molar-refractivity contribution >= 4 is 41.7 Å².